The van der Waals surface area contributed by atoms with Gasteiger partial charge in [0, 0.05) is 48.4 Å². The maximum atomic E-state index is 12.8. The van der Waals surface area contributed by atoms with Crippen LogP contribution in [0.15, 0.2) is 58.4 Å². The lowest BCUT2D eigenvalue weighted by molar-refractivity contribution is -0.384. The first-order valence-electron chi connectivity index (χ1n) is 8.45. The molecule has 0 saturated heterocycles. The van der Waals surface area contributed by atoms with Gasteiger partial charge in [0.2, 0.25) is 0 Å². The number of nitrogens with one attached hydrogen (secondary N) is 1. The normalized spacial score (nSPS) is 11.6. The molecule has 0 bridgehead atoms. The molecule has 0 amide bonds. The van der Waals surface area contributed by atoms with Crippen molar-refractivity contribution in [2.45, 2.75) is 20.3 Å². The first-order chi connectivity index (χ1) is 13.0. The van der Waals surface area contributed by atoms with Crippen molar-refractivity contribution < 1.29 is 4.92 Å². The Labute approximate surface area is 155 Å². The Morgan fingerprint density at radius 3 is 2.63 bits per heavy atom. The Morgan fingerprint density at radius 2 is 2.00 bits per heavy atom. The number of aromatic nitrogens is 3. The number of nitro benzene ring substituents is 1. The topological polar surface area (TPSA) is 106 Å². The number of pyridine rings is 1. The van der Waals surface area contributed by atoms with Gasteiger partial charge in [-0.1, -0.05) is 6.07 Å². The summed E-state index contributed by atoms with van der Waals surface area (Å²) in [5, 5.41) is 13.8. The molecule has 138 valence electrons. The molecule has 0 spiro atoms. The number of aromatic amines is 1. The SMILES string of the molecule is CC(=NCCc1ccccn1)c1c(C)[nH]n(-c2ccc([N+](=O)[O-])cc2)c1=O. The van der Waals surface area contributed by atoms with Gasteiger partial charge in [0.1, 0.15) is 0 Å². The lowest BCUT2D eigenvalue weighted by Crippen LogP contribution is -2.20. The van der Waals surface area contributed by atoms with Crippen LogP contribution in [-0.2, 0) is 6.42 Å². The molecule has 0 aliphatic carbocycles. The van der Waals surface area contributed by atoms with Crippen molar-refractivity contribution >= 4 is 11.4 Å². The van der Waals surface area contributed by atoms with E-state index in [0.717, 1.165) is 5.69 Å². The van der Waals surface area contributed by atoms with Gasteiger partial charge in [-0.25, -0.2) is 4.68 Å². The van der Waals surface area contributed by atoms with E-state index >= 15 is 0 Å². The molecule has 1 aromatic carbocycles. The molecule has 3 rings (SSSR count). The molecule has 3 aromatic rings. The zero-order chi connectivity index (χ0) is 19.4. The number of non-ortho nitro benzene ring substituents is 1. The maximum absolute atomic E-state index is 12.8. The Bertz CT molecular complexity index is 1030. The van der Waals surface area contributed by atoms with Gasteiger partial charge in [-0.3, -0.25) is 30.0 Å². The van der Waals surface area contributed by atoms with Gasteiger partial charge in [-0.2, -0.15) is 0 Å². The minimum Gasteiger partial charge on any atom is -0.295 e. The number of aryl methyl sites for hydroxylation is 1. The molecule has 0 aliphatic heterocycles. The fourth-order valence-corrected chi connectivity index (χ4v) is 2.84. The molecule has 0 fully saturated rings. The van der Waals surface area contributed by atoms with Gasteiger partial charge < -0.3 is 0 Å². The van der Waals surface area contributed by atoms with E-state index in [1.54, 1.807) is 20.0 Å². The number of nitrogens with zero attached hydrogens (tertiary/aromatic N) is 4. The van der Waals surface area contributed by atoms with Crippen LogP contribution >= 0.6 is 0 Å². The van der Waals surface area contributed by atoms with Crippen molar-refractivity contribution in [3.63, 3.8) is 0 Å². The third kappa shape index (κ3) is 4.00. The van der Waals surface area contributed by atoms with E-state index in [9.17, 15) is 14.9 Å². The van der Waals surface area contributed by atoms with Gasteiger partial charge in [-0.15, -0.1) is 0 Å². The van der Waals surface area contributed by atoms with E-state index in [1.807, 2.05) is 18.2 Å². The number of aliphatic imine (C=N–C) groups is 1. The summed E-state index contributed by atoms with van der Waals surface area (Å²) in [5.74, 6) is 0. The van der Waals surface area contributed by atoms with E-state index in [4.69, 9.17) is 0 Å². The second kappa shape index (κ2) is 7.77. The Hall–Kier alpha value is -3.55. The monoisotopic (exact) mass is 365 g/mol. The van der Waals surface area contributed by atoms with Crippen molar-refractivity contribution in [2.75, 3.05) is 6.54 Å². The molecule has 8 nitrogen and oxygen atoms in total. The molecular weight excluding hydrogens is 346 g/mol. The van der Waals surface area contributed by atoms with Crippen LogP contribution in [-0.4, -0.2) is 31.9 Å². The van der Waals surface area contributed by atoms with E-state index in [2.05, 4.69) is 15.1 Å². The molecule has 0 atom stereocenters. The number of rotatable bonds is 6. The van der Waals surface area contributed by atoms with Gasteiger partial charge in [0.15, 0.2) is 0 Å². The Morgan fingerprint density at radius 1 is 1.26 bits per heavy atom. The second-order valence-corrected chi connectivity index (χ2v) is 6.06. The van der Waals surface area contributed by atoms with Crippen LogP contribution in [0.5, 0.6) is 0 Å². The number of benzene rings is 1. The average molecular weight is 365 g/mol. The summed E-state index contributed by atoms with van der Waals surface area (Å²) in [6, 6.07) is 11.5. The molecule has 0 aliphatic rings. The van der Waals surface area contributed by atoms with Crippen molar-refractivity contribution in [1.82, 2.24) is 14.8 Å². The molecule has 0 unspecified atom stereocenters. The summed E-state index contributed by atoms with van der Waals surface area (Å²) in [6.45, 7) is 4.14. The highest BCUT2D eigenvalue weighted by molar-refractivity contribution is 5.99. The maximum Gasteiger partial charge on any atom is 0.280 e. The van der Waals surface area contributed by atoms with Gasteiger partial charge >= 0.3 is 0 Å². The fourth-order valence-electron chi connectivity index (χ4n) is 2.84. The Kier molecular flexibility index (Phi) is 5.25. The lowest BCUT2D eigenvalue weighted by Gasteiger charge is -2.01. The van der Waals surface area contributed by atoms with Crippen molar-refractivity contribution in [3.8, 4) is 5.69 Å². The fraction of sp³-hybridized carbons (Fsp3) is 0.211. The van der Waals surface area contributed by atoms with E-state index in [0.29, 0.717) is 35.6 Å². The average Bonchev–Trinajstić information content (AvgIpc) is 2.97. The van der Waals surface area contributed by atoms with Gasteiger partial charge in [-0.05, 0) is 38.1 Å². The summed E-state index contributed by atoms with van der Waals surface area (Å²) >= 11 is 0. The van der Waals surface area contributed by atoms with Crippen LogP contribution < -0.4 is 5.56 Å². The summed E-state index contributed by atoms with van der Waals surface area (Å²) in [4.78, 5) is 31.9. The highest BCUT2D eigenvalue weighted by atomic mass is 16.6. The molecular formula is C19H19N5O3. The summed E-state index contributed by atoms with van der Waals surface area (Å²) < 4.78 is 1.37. The van der Waals surface area contributed by atoms with E-state index in [1.165, 1.54) is 28.9 Å². The lowest BCUT2D eigenvalue weighted by atomic mass is 10.1. The van der Waals surface area contributed by atoms with Crippen LogP contribution in [0.25, 0.3) is 5.69 Å². The standard InChI is InChI=1S/C19H19N5O3/c1-13(20-12-10-15-5-3-4-11-21-15)18-14(2)22-23(19(18)25)16-6-8-17(9-7-16)24(26)27/h3-9,11,22H,10,12H2,1-2H3. The number of hydrogen-bond donors (Lipinski definition) is 1. The van der Waals surface area contributed by atoms with Crippen molar-refractivity contribution in [2.24, 2.45) is 4.99 Å². The van der Waals surface area contributed by atoms with Crippen LogP contribution in [0.1, 0.15) is 23.9 Å². The minimum absolute atomic E-state index is 0.0254. The van der Waals surface area contributed by atoms with Crippen LogP contribution in [0.3, 0.4) is 0 Å². The highest BCUT2D eigenvalue weighted by Gasteiger charge is 2.15. The molecule has 0 radical (unpaired) electrons. The molecule has 1 N–H and O–H groups in total. The van der Waals surface area contributed by atoms with Crippen LogP contribution in [0, 0.1) is 17.0 Å². The number of H-pyrrole nitrogens is 1. The third-order valence-corrected chi connectivity index (χ3v) is 4.20. The molecule has 27 heavy (non-hydrogen) atoms. The first-order valence-corrected chi connectivity index (χ1v) is 8.45. The minimum atomic E-state index is -0.476. The quantitative estimate of drug-likeness (QED) is 0.412. The summed E-state index contributed by atoms with van der Waals surface area (Å²) in [6.07, 6.45) is 2.43. The molecule has 2 aromatic heterocycles. The first kappa shape index (κ1) is 18.2. The van der Waals surface area contributed by atoms with Crippen LogP contribution in [0.2, 0.25) is 0 Å². The summed E-state index contributed by atoms with van der Waals surface area (Å²) in [5.41, 5.74) is 3.06. The number of hydrogen-bond acceptors (Lipinski definition) is 5. The third-order valence-electron chi connectivity index (χ3n) is 4.20. The zero-order valence-electron chi connectivity index (χ0n) is 15.0. The highest BCUT2D eigenvalue weighted by Crippen LogP contribution is 2.14. The second-order valence-electron chi connectivity index (χ2n) is 6.06. The predicted octanol–water partition coefficient (Wildman–Crippen LogP) is 2.83. The predicted molar refractivity (Wildman–Crippen MR) is 103 cm³/mol. The zero-order valence-corrected chi connectivity index (χ0v) is 15.0. The van der Waals surface area contributed by atoms with Gasteiger partial charge in [0.25, 0.3) is 11.2 Å². The van der Waals surface area contributed by atoms with Gasteiger partial charge in [0.05, 0.1) is 16.2 Å². The Balaban J connectivity index is 1.83. The molecule has 0 saturated carbocycles. The largest absolute Gasteiger partial charge is 0.295 e. The van der Waals surface area contributed by atoms with Crippen molar-refractivity contribution in [1.29, 1.82) is 0 Å². The van der Waals surface area contributed by atoms with E-state index < -0.39 is 4.92 Å². The van der Waals surface area contributed by atoms with Crippen molar-refractivity contribution in [3.05, 3.63) is 86.1 Å². The smallest absolute Gasteiger partial charge is 0.280 e. The van der Waals surface area contributed by atoms with Crippen LogP contribution in [0.4, 0.5) is 5.69 Å². The van der Waals surface area contributed by atoms with E-state index in [-0.39, 0.29) is 11.2 Å². The number of nitro groups is 1. The summed E-state index contributed by atoms with van der Waals surface area (Å²) in [7, 11) is 0. The molecule has 2 heterocycles. The molecule has 8 heteroatoms.